The van der Waals surface area contributed by atoms with Gasteiger partial charge >= 0.3 is 0 Å². The molecule has 122 valence electrons. The highest BCUT2D eigenvalue weighted by molar-refractivity contribution is 6.30. The molecule has 1 aliphatic carbocycles. The predicted octanol–water partition coefficient (Wildman–Crippen LogP) is 3.38. The summed E-state index contributed by atoms with van der Waals surface area (Å²) < 4.78 is 1.99. The quantitative estimate of drug-likeness (QED) is 0.774. The van der Waals surface area contributed by atoms with E-state index in [4.69, 9.17) is 11.6 Å². The first-order chi connectivity index (χ1) is 11.7. The van der Waals surface area contributed by atoms with Crippen molar-refractivity contribution in [3.63, 3.8) is 0 Å². The van der Waals surface area contributed by atoms with Crippen LogP contribution in [0.1, 0.15) is 24.1 Å². The van der Waals surface area contributed by atoms with Crippen LogP contribution in [-0.4, -0.2) is 21.8 Å². The van der Waals surface area contributed by atoms with E-state index in [2.05, 4.69) is 10.3 Å². The molecule has 3 aromatic rings. The minimum Gasteiger partial charge on any atom is -0.355 e. The first-order valence-electron chi connectivity index (χ1n) is 8.14. The van der Waals surface area contributed by atoms with Gasteiger partial charge in [0.25, 0.3) is 0 Å². The average Bonchev–Trinajstić information content (AvgIpc) is 3.29. The summed E-state index contributed by atoms with van der Waals surface area (Å²) in [5.74, 6) is 0.105. The van der Waals surface area contributed by atoms with Gasteiger partial charge in [0.15, 0.2) is 0 Å². The third-order valence-corrected chi connectivity index (χ3v) is 4.91. The molecule has 1 saturated carbocycles. The van der Waals surface area contributed by atoms with Crippen LogP contribution in [0.2, 0.25) is 5.02 Å². The Hall–Kier alpha value is -2.33. The summed E-state index contributed by atoms with van der Waals surface area (Å²) in [5.41, 5.74) is 2.61. The van der Waals surface area contributed by atoms with E-state index in [0.29, 0.717) is 11.6 Å². The molecule has 24 heavy (non-hydrogen) atoms. The number of hydrogen-bond acceptors (Lipinski definition) is 2. The highest BCUT2D eigenvalue weighted by Gasteiger charge is 2.50. The number of rotatable bonds is 5. The normalized spacial score (nSPS) is 15.4. The van der Waals surface area contributed by atoms with Gasteiger partial charge < -0.3 is 9.72 Å². The predicted molar refractivity (Wildman–Crippen MR) is 94.3 cm³/mol. The van der Waals surface area contributed by atoms with E-state index in [9.17, 15) is 4.79 Å². The second-order valence-electron chi connectivity index (χ2n) is 6.29. The fourth-order valence-electron chi connectivity index (χ4n) is 3.12. The summed E-state index contributed by atoms with van der Waals surface area (Å²) in [7, 11) is 0. The summed E-state index contributed by atoms with van der Waals surface area (Å²) in [6.07, 6.45) is 6.51. The largest absolute Gasteiger partial charge is 0.355 e. The lowest BCUT2D eigenvalue weighted by molar-refractivity contribution is -0.123. The Kier molecular flexibility index (Phi) is 3.77. The zero-order chi connectivity index (χ0) is 16.6. The Morgan fingerprint density at radius 2 is 2.00 bits per heavy atom. The first-order valence-corrected chi connectivity index (χ1v) is 8.52. The van der Waals surface area contributed by atoms with Crippen molar-refractivity contribution in [1.29, 1.82) is 0 Å². The van der Waals surface area contributed by atoms with Gasteiger partial charge in [0.2, 0.25) is 5.91 Å². The molecule has 2 heterocycles. The van der Waals surface area contributed by atoms with Crippen LogP contribution in [-0.2, 0) is 16.6 Å². The number of imidazole rings is 1. The van der Waals surface area contributed by atoms with Gasteiger partial charge in [-0.3, -0.25) is 4.79 Å². The SMILES string of the molecule is O=C(NCCc1cn2ccccc2n1)C1(c2ccc(Cl)cc2)CC1. The number of benzene rings is 1. The number of fused-ring (bicyclic) bond motifs is 1. The molecule has 0 radical (unpaired) electrons. The smallest absolute Gasteiger partial charge is 0.230 e. The number of pyridine rings is 1. The van der Waals surface area contributed by atoms with Crippen molar-refractivity contribution in [2.45, 2.75) is 24.7 Å². The average molecular weight is 340 g/mol. The van der Waals surface area contributed by atoms with E-state index in [1.165, 1.54) is 0 Å². The molecular weight excluding hydrogens is 322 g/mol. The van der Waals surface area contributed by atoms with Gasteiger partial charge in [-0.25, -0.2) is 4.98 Å². The van der Waals surface area contributed by atoms with E-state index < -0.39 is 0 Å². The standard InChI is InChI=1S/C19H18ClN3O/c20-15-6-4-14(5-7-15)19(9-10-19)18(24)21-11-8-16-13-23-12-2-1-3-17(23)22-16/h1-7,12-13H,8-11H2,(H,21,24). The van der Waals surface area contributed by atoms with Gasteiger partial charge in [0.05, 0.1) is 11.1 Å². The number of amides is 1. The van der Waals surface area contributed by atoms with Crippen LogP contribution >= 0.6 is 11.6 Å². The van der Waals surface area contributed by atoms with Gasteiger partial charge in [0.1, 0.15) is 5.65 Å². The van der Waals surface area contributed by atoms with Crippen molar-refractivity contribution < 1.29 is 4.79 Å². The lowest BCUT2D eigenvalue weighted by atomic mass is 9.95. The Morgan fingerprint density at radius 3 is 2.71 bits per heavy atom. The Balaban J connectivity index is 1.39. The number of nitrogens with one attached hydrogen (secondary N) is 1. The van der Waals surface area contributed by atoms with Gasteiger partial charge in [-0.2, -0.15) is 0 Å². The van der Waals surface area contributed by atoms with Crippen molar-refractivity contribution in [3.05, 3.63) is 71.1 Å². The van der Waals surface area contributed by atoms with E-state index in [1.54, 1.807) is 0 Å². The maximum Gasteiger partial charge on any atom is 0.230 e. The van der Waals surface area contributed by atoms with Gasteiger partial charge in [-0.15, -0.1) is 0 Å². The number of carbonyl (C=O) groups is 1. The highest BCUT2D eigenvalue weighted by atomic mass is 35.5. The molecule has 5 heteroatoms. The maximum atomic E-state index is 12.6. The van der Waals surface area contributed by atoms with Gasteiger partial charge in [-0.1, -0.05) is 29.8 Å². The van der Waals surface area contributed by atoms with E-state index in [0.717, 1.165) is 36.2 Å². The van der Waals surface area contributed by atoms with Crippen LogP contribution in [0.4, 0.5) is 0 Å². The summed E-state index contributed by atoms with van der Waals surface area (Å²) in [6.45, 7) is 0.595. The molecule has 4 rings (SSSR count). The number of nitrogens with zero attached hydrogens (tertiary/aromatic N) is 2. The fourth-order valence-corrected chi connectivity index (χ4v) is 3.25. The van der Waals surface area contributed by atoms with Crippen LogP contribution in [0.25, 0.3) is 5.65 Å². The zero-order valence-electron chi connectivity index (χ0n) is 13.2. The van der Waals surface area contributed by atoms with Crippen LogP contribution in [0.5, 0.6) is 0 Å². The summed E-state index contributed by atoms with van der Waals surface area (Å²) in [5, 5.41) is 3.77. The lowest BCUT2D eigenvalue weighted by Crippen LogP contribution is -2.35. The van der Waals surface area contributed by atoms with Crippen molar-refractivity contribution in [1.82, 2.24) is 14.7 Å². The second kappa shape index (κ2) is 5.95. The Bertz CT molecular complexity index is 848. The molecular formula is C19H18ClN3O. The molecule has 1 N–H and O–H groups in total. The van der Waals surface area contributed by atoms with Gasteiger partial charge in [0, 0.05) is 30.4 Å². The second-order valence-corrected chi connectivity index (χ2v) is 6.73. The van der Waals surface area contributed by atoms with Crippen molar-refractivity contribution in [3.8, 4) is 0 Å². The molecule has 0 spiro atoms. The number of carbonyl (C=O) groups excluding carboxylic acids is 1. The Labute approximate surface area is 145 Å². The molecule has 1 fully saturated rings. The monoisotopic (exact) mass is 339 g/mol. The first kappa shape index (κ1) is 15.2. The zero-order valence-corrected chi connectivity index (χ0v) is 14.0. The summed E-state index contributed by atoms with van der Waals surface area (Å²) in [6, 6.07) is 13.5. The molecule has 1 aromatic carbocycles. The van der Waals surface area contributed by atoms with Crippen LogP contribution < -0.4 is 5.32 Å². The molecule has 1 amide bonds. The summed E-state index contributed by atoms with van der Waals surface area (Å²) in [4.78, 5) is 17.2. The third-order valence-electron chi connectivity index (χ3n) is 4.66. The topological polar surface area (TPSA) is 46.4 Å². The Morgan fingerprint density at radius 1 is 1.21 bits per heavy atom. The van der Waals surface area contributed by atoms with Crippen molar-refractivity contribution >= 4 is 23.2 Å². The molecule has 0 aliphatic heterocycles. The molecule has 0 bridgehead atoms. The fraction of sp³-hybridized carbons (Fsp3) is 0.263. The van der Waals surface area contributed by atoms with Gasteiger partial charge in [-0.05, 0) is 42.7 Å². The van der Waals surface area contributed by atoms with E-state index in [1.807, 2.05) is 59.3 Å². The third kappa shape index (κ3) is 2.78. The highest BCUT2D eigenvalue weighted by Crippen LogP contribution is 2.48. The van der Waals surface area contributed by atoms with Crippen molar-refractivity contribution in [2.24, 2.45) is 0 Å². The lowest BCUT2D eigenvalue weighted by Gasteiger charge is -2.15. The minimum atomic E-state index is -0.358. The summed E-state index contributed by atoms with van der Waals surface area (Å²) >= 11 is 5.94. The molecule has 1 aliphatic rings. The van der Waals surface area contributed by atoms with Crippen LogP contribution in [0, 0.1) is 0 Å². The minimum absolute atomic E-state index is 0.105. The van der Waals surface area contributed by atoms with Crippen molar-refractivity contribution in [2.75, 3.05) is 6.54 Å². The number of hydrogen-bond donors (Lipinski definition) is 1. The molecule has 4 nitrogen and oxygen atoms in total. The molecule has 0 saturated heterocycles. The maximum absolute atomic E-state index is 12.6. The van der Waals surface area contributed by atoms with E-state index >= 15 is 0 Å². The van der Waals surface area contributed by atoms with Crippen LogP contribution in [0.3, 0.4) is 0 Å². The number of halogens is 1. The molecule has 0 atom stereocenters. The molecule has 0 unspecified atom stereocenters. The van der Waals surface area contributed by atoms with Crippen LogP contribution in [0.15, 0.2) is 54.9 Å². The molecule has 2 aromatic heterocycles. The van der Waals surface area contributed by atoms with E-state index in [-0.39, 0.29) is 11.3 Å². The number of aromatic nitrogens is 2.